The first-order valence-corrected chi connectivity index (χ1v) is 5.51. The summed E-state index contributed by atoms with van der Waals surface area (Å²) >= 11 is 0. The van der Waals surface area contributed by atoms with Crippen molar-refractivity contribution in [2.24, 2.45) is 0 Å². The molecule has 9 heavy (non-hydrogen) atoms. The Morgan fingerprint density at radius 2 is 2.33 bits per heavy atom. The Hall–Kier alpha value is -0.333. The van der Waals surface area contributed by atoms with Crippen molar-refractivity contribution in [3.63, 3.8) is 0 Å². The minimum Gasteiger partial charge on any atom is -0.435 e. The van der Waals surface area contributed by atoms with Crippen molar-refractivity contribution in [3.05, 3.63) is 0 Å². The molecule has 0 rings (SSSR count). The van der Waals surface area contributed by atoms with Crippen LogP contribution in [-0.2, 0) is 0 Å². The van der Waals surface area contributed by atoms with E-state index in [9.17, 15) is 0 Å². The number of hydrogen-bond acceptors (Lipinski definition) is 2. The summed E-state index contributed by atoms with van der Waals surface area (Å²) in [5.41, 5.74) is 0. The summed E-state index contributed by atoms with van der Waals surface area (Å²) in [6.07, 6.45) is 1.49. The van der Waals surface area contributed by atoms with Gasteiger partial charge in [0, 0.05) is 6.42 Å². The van der Waals surface area contributed by atoms with Crippen molar-refractivity contribution in [2.45, 2.75) is 31.9 Å². The van der Waals surface area contributed by atoms with Crippen molar-refractivity contribution in [2.75, 3.05) is 0 Å². The van der Waals surface area contributed by atoms with Crippen LogP contribution in [0, 0.1) is 11.3 Å². The SMILES string of the molecule is CC[SiH](O)CCCC#N. The Morgan fingerprint density at radius 3 is 2.78 bits per heavy atom. The van der Waals surface area contributed by atoms with E-state index in [1.165, 1.54) is 0 Å². The van der Waals surface area contributed by atoms with Crippen molar-refractivity contribution in [3.8, 4) is 6.07 Å². The number of hydrogen-bond donors (Lipinski definition) is 1. The zero-order valence-electron chi connectivity index (χ0n) is 5.80. The number of unbranched alkanes of at least 4 members (excludes halogenated alkanes) is 1. The Kier molecular flexibility index (Phi) is 5.58. The summed E-state index contributed by atoms with van der Waals surface area (Å²) < 4.78 is 0. The molecule has 52 valence electrons. The van der Waals surface area contributed by atoms with Gasteiger partial charge in [0.1, 0.15) is 0 Å². The zero-order chi connectivity index (χ0) is 7.11. The maximum absolute atomic E-state index is 9.11. The molecule has 0 spiro atoms. The van der Waals surface area contributed by atoms with Gasteiger partial charge in [0.15, 0.2) is 9.04 Å². The Bertz CT molecular complexity index is 99.7. The van der Waals surface area contributed by atoms with E-state index in [2.05, 4.69) is 6.07 Å². The number of nitrogens with zero attached hydrogens (tertiary/aromatic N) is 1. The fourth-order valence-corrected chi connectivity index (χ4v) is 1.70. The predicted molar refractivity (Wildman–Crippen MR) is 39.5 cm³/mol. The molecule has 1 atom stereocenters. The maximum Gasteiger partial charge on any atom is 0.172 e. The average molecular weight is 143 g/mol. The summed E-state index contributed by atoms with van der Waals surface area (Å²) in [6, 6.07) is 3.90. The van der Waals surface area contributed by atoms with E-state index in [-0.39, 0.29) is 0 Å². The third-order valence-electron chi connectivity index (χ3n) is 1.30. The predicted octanol–water partition coefficient (Wildman–Crippen LogP) is 1.03. The molecule has 0 aliphatic rings. The van der Waals surface area contributed by atoms with Gasteiger partial charge in [-0.25, -0.2) is 0 Å². The molecule has 3 heteroatoms. The first-order valence-electron chi connectivity index (χ1n) is 3.36. The topological polar surface area (TPSA) is 44.0 Å². The van der Waals surface area contributed by atoms with Gasteiger partial charge in [-0.1, -0.05) is 6.92 Å². The molecule has 0 heterocycles. The molecule has 1 N–H and O–H groups in total. The third-order valence-corrected chi connectivity index (χ3v) is 3.31. The molecule has 2 nitrogen and oxygen atoms in total. The Balaban J connectivity index is 2.99. The summed E-state index contributed by atoms with van der Waals surface area (Å²) in [4.78, 5) is 9.11. The highest BCUT2D eigenvalue weighted by Gasteiger charge is 2.01. The van der Waals surface area contributed by atoms with Crippen LogP contribution in [0.15, 0.2) is 0 Å². The molecule has 0 aliphatic heterocycles. The normalized spacial score (nSPS) is 12.6. The minimum absolute atomic E-state index is 0.601. The molecular weight excluding hydrogens is 130 g/mol. The van der Waals surface area contributed by atoms with Gasteiger partial charge in [-0.3, -0.25) is 0 Å². The van der Waals surface area contributed by atoms with Crippen LogP contribution >= 0.6 is 0 Å². The van der Waals surface area contributed by atoms with Gasteiger partial charge in [0.2, 0.25) is 0 Å². The Morgan fingerprint density at radius 1 is 1.67 bits per heavy atom. The molecule has 0 radical (unpaired) electrons. The highest BCUT2D eigenvalue weighted by Crippen LogP contribution is 2.01. The van der Waals surface area contributed by atoms with E-state index < -0.39 is 9.04 Å². The van der Waals surface area contributed by atoms with Crippen molar-refractivity contribution in [1.82, 2.24) is 0 Å². The summed E-state index contributed by atoms with van der Waals surface area (Å²) in [5, 5.41) is 8.14. The van der Waals surface area contributed by atoms with Crippen molar-refractivity contribution >= 4 is 9.04 Å². The smallest absolute Gasteiger partial charge is 0.172 e. The monoisotopic (exact) mass is 143 g/mol. The zero-order valence-corrected chi connectivity index (χ0v) is 6.95. The second-order valence-corrected chi connectivity index (χ2v) is 4.81. The fourth-order valence-electron chi connectivity index (χ4n) is 0.621. The van der Waals surface area contributed by atoms with Crippen LogP contribution in [0.1, 0.15) is 19.8 Å². The first-order chi connectivity index (χ1) is 4.31. The molecular formula is C6H13NOSi. The van der Waals surface area contributed by atoms with E-state index in [0.717, 1.165) is 18.5 Å². The average Bonchev–Trinajstić information content (AvgIpc) is 1.89. The molecule has 1 unspecified atom stereocenters. The van der Waals surface area contributed by atoms with E-state index in [4.69, 9.17) is 10.1 Å². The van der Waals surface area contributed by atoms with Gasteiger partial charge in [-0.15, -0.1) is 0 Å². The van der Waals surface area contributed by atoms with Crippen LogP contribution in [0.5, 0.6) is 0 Å². The quantitative estimate of drug-likeness (QED) is 0.472. The van der Waals surface area contributed by atoms with Gasteiger partial charge in [0.25, 0.3) is 0 Å². The van der Waals surface area contributed by atoms with Crippen LogP contribution < -0.4 is 0 Å². The van der Waals surface area contributed by atoms with Crippen LogP contribution in [0.4, 0.5) is 0 Å². The van der Waals surface area contributed by atoms with E-state index >= 15 is 0 Å². The van der Waals surface area contributed by atoms with E-state index in [0.29, 0.717) is 6.42 Å². The lowest BCUT2D eigenvalue weighted by molar-refractivity contribution is 0.564. The maximum atomic E-state index is 9.11. The fraction of sp³-hybridized carbons (Fsp3) is 0.833. The molecule has 0 aromatic rings. The van der Waals surface area contributed by atoms with Crippen LogP contribution in [0.25, 0.3) is 0 Å². The molecule has 0 aliphatic carbocycles. The molecule has 0 saturated heterocycles. The highest BCUT2D eigenvalue weighted by molar-refractivity contribution is 6.50. The summed E-state index contributed by atoms with van der Waals surface area (Å²) in [7, 11) is -1.36. The lowest BCUT2D eigenvalue weighted by Crippen LogP contribution is -2.08. The van der Waals surface area contributed by atoms with Gasteiger partial charge >= 0.3 is 0 Å². The molecule has 0 aromatic heterocycles. The Labute approximate surface area is 57.9 Å². The molecule has 0 amide bonds. The van der Waals surface area contributed by atoms with Gasteiger partial charge in [-0.05, 0) is 18.5 Å². The largest absolute Gasteiger partial charge is 0.435 e. The van der Waals surface area contributed by atoms with E-state index in [1.54, 1.807) is 0 Å². The lowest BCUT2D eigenvalue weighted by atomic mass is 10.4. The number of rotatable bonds is 4. The molecule has 0 saturated carbocycles. The number of nitriles is 1. The molecule has 0 bridgehead atoms. The van der Waals surface area contributed by atoms with E-state index in [1.807, 2.05) is 6.92 Å². The summed E-state index contributed by atoms with van der Waals surface area (Å²) in [6.45, 7) is 2.00. The van der Waals surface area contributed by atoms with Gasteiger partial charge < -0.3 is 4.80 Å². The summed E-state index contributed by atoms with van der Waals surface area (Å²) in [5.74, 6) is 0. The van der Waals surface area contributed by atoms with Crippen LogP contribution in [0.3, 0.4) is 0 Å². The van der Waals surface area contributed by atoms with Gasteiger partial charge in [0.05, 0.1) is 6.07 Å². The highest BCUT2D eigenvalue weighted by atomic mass is 28.3. The standard InChI is InChI=1S/C6H13NOSi/c1-2-9(8)6-4-3-5-7/h8-9H,2-4,6H2,1H3. The molecule has 0 fully saturated rings. The van der Waals surface area contributed by atoms with Crippen molar-refractivity contribution in [1.29, 1.82) is 5.26 Å². The first kappa shape index (κ1) is 8.67. The molecule has 0 aromatic carbocycles. The lowest BCUT2D eigenvalue weighted by Gasteiger charge is -2.00. The second kappa shape index (κ2) is 5.80. The second-order valence-electron chi connectivity index (χ2n) is 2.11. The van der Waals surface area contributed by atoms with Crippen LogP contribution in [-0.4, -0.2) is 13.8 Å². The van der Waals surface area contributed by atoms with Gasteiger partial charge in [-0.2, -0.15) is 5.26 Å². The minimum atomic E-state index is -1.36. The third kappa shape index (κ3) is 5.54. The van der Waals surface area contributed by atoms with Crippen molar-refractivity contribution < 1.29 is 4.80 Å². The van der Waals surface area contributed by atoms with Crippen LogP contribution in [0.2, 0.25) is 12.1 Å².